The summed E-state index contributed by atoms with van der Waals surface area (Å²) in [6, 6.07) is 18.5. The van der Waals surface area contributed by atoms with Gasteiger partial charge in [-0.2, -0.15) is 0 Å². The van der Waals surface area contributed by atoms with Crippen molar-refractivity contribution >= 4 is 41.5 Å². The van der Waals surface area contributed by atoms with E-state index in [4.69, 9.17) is 0 Å². The van der Waals surface area contributed by atoms with E-state index < -0.39 is 0 Å². The van der Waals surface area contributed by atoms with Gasteiger partial charge < -0.3 is 0 Å². The molecule has 0 aromatic heterocycles. The predicted octanol–water partition coefficient (Wildman–Crippen LogP) is 3.29. The molecule has 15 heavy (non-hydrogen) atoms. The monoisotopic (exact) mass is 321 g/mol. The van der Waals surface area contributed by atoms with Crippen LogP contribution < -0.4 is 4.35 Å². The van der Waals surface area contributed by atoms with Gasteiger partial charge in [0.1, 0.15) is 0 Å². The predicted molar refractivity (Wildman–Crippen MR) is 68.1 cm³/mol. The van der Waals surface area contributed by atoms with Crippen LogP contribution in [0.25, 0.3) is 0 Å². The van der Waals surface area contributed by atoms with Gasteiger partial charge in [-0.15, -0.1) is 0 Å². The summed E-state index contributed by atoms with van der Waals surface area (Å²) in [4.78, 5) is 0. The first-order chi connectivity index (χ1) is 7.34. The molecule has 0 unspecified atom stereocenters. The van der Waals surface area contributed by atoms with Gasteiger partial charge in [-0.3, -0.25) is 0 Å². The number of hydrogen-bond acceptors (Lipinski definition) is 1. The van der Waals surface area contributed by atoms with Crippen molar-refractivity contribution in [1.82, 2.24) is 0 Å². The van der Waals surface area contributed by atoms with Crippen molar-refractivity contribution in [2.45, 2.75) is 0 Å². The van der Waals surface area contributed by atoms with E-state index in [2.05, 4.69) is 44.1 Å². The number of benzene rings is 2. The first-order valence-corrected chi connectivity index (χ1v) is 7.14. The molecule has 0 saturated carbocycles. The first kappa shape index (κ1) is 10.8. The molecular weight excluding hydrogens is 313 g/mol. The molecule has 3 heteroatoms. The maximum atomic E-state index is 4.58. The average Bonchev–Trinajstić information content (AvgIpc) is 2.30. The Balaban J connectivity index is 2.15. The topological polar surface area (TPSA) is 12.4 Å². The molecule has 0 atom stereocenters. The SMILES string of the molecule is Brc1ccc([As]=Nc2ccccc2)cc1. The van der Waals surface area contributed by atoms with Gasteiger partial charge in [0.15, 0.2) is 0 Å². The van der Waals surface area contributed by atoms with Gasteiger partial charge in [0.25, 0.3) is 0 Å². The number of halogens is 1. The van der Waals surface area contributed by atoms with Crippen LogP contribution in [0, 0.1) is 0 Å². The second-order valence-corrected chi connectivity index (χ2v) is 5.85. The zero-order chi connectivity index (χ0) is 10.5. The fraction of sp³-hybridized carbons (Fsp3) is 0. The second-order valence-electron chi connectivity index (χ2n) is 3.01. The van der Waals surface area contributed by atoms with Crippen LogP contribution in [0.1, 0.15) is 0 Å². The van der Waals surface area contributed by atoms with Crippen molar-refractivity contribution in [2.75, 3.05) is 0 Å². The summed E-state index contributed by atoms with van der Waals surface area (Å²) in [5.41, 5.74) is 1.07. The molecule has 0 aliphatic rings. The zero-order valence-electron chi connectivity index (χ0n) is 7.97. The Kier molecular flexibility index (Phi) is 3.87. The Labute approximate surface area is 104 Å². The van der Waals surface area contributed by atoms with E-state index in [0.29, 0.717) is 0 Å². The molecule has 0 aliphatic carbocycles. The van der Waals surface area contributed by atoms with Gasteiger partial charge in [-0.1, -0.05) is 0 Å². The fourth-order valence-electron chi connectivity index (χ4n) is 1.12. The quantitative estimate of drug-likeness (QED) is 0.753. The van der Waals surface area contributed by atoms with E-state index in [0.717, 1.165) is 10.2 Å². The molecule has 1 nitrogen and oxygen atoms in total. The molecule has 0 saturated heterocycles. The van der Waals surface area contributed by atoms with Crippen LogP contribution in [0.2, 0.25) is 0 Å². The molecule has 0 aliphatic heterocycles. The van der Waals surface area contributed by atoms with Crippen LogP contribution in [-0.2, 0) is 0 Å². The van der Waals surface area contributed by atoms with E-state index in [9.17, 15) is 0 Å². The molecule has 0 fully saturated rings. The fourth-order valence-corrected chi connectivity index (χ4v) is 2.74. The van der Waals surface area contributed by atoms with Crippen LogP contribution in [0.4, 0.5) is 5.69 Å². The molecule has 0 amide bonds. The molecule has 0 spiro atoms. The van der Waals surface area contributed by atoms with Gasteiger partial charge in [-0.25, -0.2) is 0 Å². The van der Waals surface area contributed by atoms with Crippen molar-refractivity contribution in [2.24, 2.45) is 3.86 Å². The van der Waals surface area contributed by atoms with Gasteiger partial charge in [-0.05, 0) is 0 Å². The van der Waals surface area contributed by atoms with Crippen LogP contribution in [0.3, 0.4) is 0 Å². The summed E-state index contributed by atoms with van der Waals surface area (Å²) in [5, 5.41) is 0. The van der Waals surface area contributed by atoms with E-state index in [1.165, 1.54) is 4.35 Å². The summed E-state index contributed by atoms with van der Waals surface area (Å²) in [6.07, 6.45) is 0. The van der Waals surface area contributed by atoms with E-state index in [1.54, 1.807) is 0 Å². The molecule has 74 valence electrons. The molecule has 2 aromatic rings. The van der Waals surface area contributed by atoms with Gasteiger partial charge in [0.2, 0.25) is 0 Å². The number of rotatable bonds is 2. The van der Waals surface area contributed by atoms with Crippen LogP contribution in [0.15, 0.2) is 62.9 Å². The Bertz CT molecular complexity index is 451. The van der Waals surface area contributed by atoms with E-state index >= 15 is 0 Å². The molecular formula is C12H9AsBrN. The summed E-state index contributed by atoms with van der Waals surface area (Å²) in [6.45, 7) is 0. The Morgan fingerprint density at radius 1 is 0.867 bits per heavy atom. The van der Waals surface area contributed by atoms with Crippen LogP contribution in [0.5, 0.6) is 0 Å². The molecule has 0 bridgehead atoms. The molecule has 0 radical (unpaired) electrons. The summed E-state index contributed by atoms with van der Waals surface area (Å²) in [7, 11) is 0. The molecule has 0 N–H and O–H groups in total. The molecule has 2 aromatic carbocycles. The minimum absolute atomic E-state index is 0.114. The van der Waals surface area contributed by atoms with E-state index in [1.807, 2.05) is 30.3 Å². The molecule has 2 rings (SSSR count). The maximum absolute atomic E-state index is 4.58. The van der Waals surface area contributed by atoms with Gasteiger partial charge >= 0.3 is 104 Å². The summed E-state index contributed by atoms with van der Waals surface area (Å²) in [5.74, 6) is 0. The number of hydrogen-bond donors (Lipinski definition) is 0. The second kappa shape index (κ2) is 5.39. The third kappa shape index (κ3) is 3.40. The zero-order valence-corrected chi connectivity index (χ0v) is 11.4. The Morgan fingerprint density at radius 3 is 2.20 bits per heavy atom. The van der Waals surface area contributed by atoms with Crippen molar-refractivity contribution < 1.29 is 0 Å². The third-order valence-corrected chi connectivity index (χ3v) is 4.20. The van der Waals surface area contributed by atoms with Crippen LogP contribution in [-0.4, -0.2) is 15.6 Å². The molecule has 0 heterocycles. The third-order valence-electron chi connectivity index (χ3n) is 1.86. The summed E-state index contributed by atoms with van der Waals surface area (Å²) < 4.78 is 7.02. The van der Waals surface area contributed by atoms with Crippen molar-refractivity contribution in [1.29, 1.82) is 0 Å². The van der Waals surface area contributed by atoms with Crippen molar-refractivity contribution in [3.8, 4) is 0 Å². The van der Waals surface area contributed by atoms with E-state index in [-0.39, 0.29) is 15.6 Å². The first-order valence-electron chi connectivity index (χ1n) is 4.57. The number of nitrogens with zero attached hydrogens (tertiary/aromatic N) is 1. The van der Waals surface area contributed by atoms with Crippen molar-refractivity contribution in [3.63, 3.8) is 0 Å². The Hall–Kier alpha value is -0.722. The van der Waals surface area contributed by atoms with Gasteiger partial charge in [0, 0.05) is 0 Å². The normalized spacial score (nSPS) is 10.7. The van der Waals surface area contributed by atoms with Gasteiger partial charge in [0.05, 0.1) is 0 Å². The van der Waals surface area contributed by atoms with Crippen molar-refractivity contribution in [3.05, 3.63) is 59.1 Å². The minimum atomic E-state index is -0.114. The summed E-state index contributed by atoms with van der Waals surface area (Å²) >= 11 is 3.31. The average molecular weight is 322 g/mol. The van der Waals surface area contributed by atoms with Crippen LogP contribution >= 0.6 is 15.9 Å². The Morgan fingerprint density at radius 2 is 1.53 bits per heavy atom. The standard InChI is InChI=1S/C12H9AsBrN/c14-11-8-6-10(7-9-11)13-15-12-4-2-1-3-5-12/h1-9H.